The van der Waals surface area contributed by atoms with Crippen LogP contribution in [0.15, 0.2) is 73.1 Å². The average Bonchev–Trinajstić information content (AvgIpc) is 3.05. The molecule has 0 amide bonds. The first-order chi connectivity index (χ1) is 11.7. The molecule has 118 valence electrons. The van der Waals surface area contributed by atoms with Gasteiger partial charge in [0.25, 0.3) is 0 Å². The van der Waals surface area contributed by atoms with Gasteiger partial charge in [-0.25, -0.2) is 9.37 Å². The van der Waals surface area contributed by atoms with Gasteiger partial charge in [0.15, 0.2) is 0 Å². The highest BCUT2D eigenvalue weighted by Crippen LogP contribution is 2.24. The highest BCUT2D eigenvalue weighted by Gasteiger charge is 2.07. The Morgan fingerprint density at radius 2 is 1.71 bits per heavy atom. The van der Waals surface area contributed by atoms with Crippen LogP contribution in [-0.4, -0.2) is 14.5 Å². The van der Waals surface area contributed by atoms with Gasteiger partial charge in [-0.2, -0.15) is 0 Å². The summed E-state index contributed by atoms with van der Waals surface area (Å²) in [4.78, 5) is 4.55. The van der Waals surface area contributed by atoms with Gasteiger partial charge in [0.1, 0.15) is 11.5 Å². The Morgan fingerprint density at radius 3 is 2.54 bits per heavy atom. The van der Waals surface area contributed by atoms with E-state index >= 15 is 0 Å². The molecule has 0 atom stereocenters. The molecular formula is C20H15FN2O. The molecule has 0 fully saturated rings. The number of imidazole rings is 1. The quantitative estimate of drug-likeness (QED) is 0.611. The number of hydrogen-bond acceptors (Lipinski definition) is 2. The minimum Gasteiger partial charge on any atom is -0.392 e. The molecule has 0 aliphatic heterocycles. The number of aromatic nitrogens is 2. The fraction of sp³-hybridized carbons (Fsp3) is 0.0500. The smallest absolute Gasteiger partial charge is 0.137 e. The van der Waals surface area contributed by atoms with E-state index in [1.807, 2.05) is 59.3 Å². The molecule has 0 unspecified atom stereocenters. The minimum absolute atomic E-state index is 0.0187. The van der Waals surface area contributed by atoms with Crippen molar-refractivity contribution >= 4 is 5.65 Å². The van der Waals surface area contributed by atoms with Crippen LogP contribution in [0.25, 0.3) is 28.0 Å². The Hall–Kier alpha value is -2.98. The van der Waals surface area contributed by atoms with E-state index in [1.54, 1.807) is 6.07 Å². The van der Waals surface area contributed by atoms with Gasteiger partial charge >= 0.3 is 0 Å². The van der Waals surface area contributed by atoms with Crippen LogP contribution in [0, 0.1) is 5.82 Å². The van der Waals surface area contributed by atoms with Gasteiger partial charge in [-0.05, 0) is 47.0 Å². The lowest BCUT2D eigenvalue weighted by Crippen LogP contribution is -1.87. The second-order valence-corrected chi connectivity index (χ2v) is 5.68. The van der Waals surface area contributed by atoms with E-state index in [0.29, 0.717) is 0 Å². The van der Waals surface area contributed by atoms with Gasteiger partial charge in [0, 0.05) is 18.0 Å². The molecule has 1 N–H and O–H groups in total. The monoisotopic (exact) mass is 318 g/mol. The van der Waals surface area contributed by atoms with Gasteiger partial charge in [-0.15, -0.1) is 0 Å². The molecular weight excluding hydrogens is 303 g/mol. The van der Waals surface area contributed by atoms with Crippen LogP contribution in [0.5, 0.6) is 0 Å². The van der Waals surface area contributed by atoms with Crippen molar-refractivity contribution in [1.29, 1.82) is 0 Å². The molecule has 0 aliphatic rings. The van der Waals surface area contributed by atoms with Crippen molar-refractivity contribution in [2.75, 3.05) is 0 Å². The summed E-state index contributed by atoms with van der Waals surface area (Å²) in [5.41, 5.74) is 5.22. The predicted octanol–water partition coefficient (Wildman–Crippen LogP) is 4.30. The average molecular weight is 318 g/mol. The molecule has 4 rings (SSSR count). The summed E-state index contributed by atoms with van der Waals surface area (Å²) in [6.45, 7) is 0.0187. The molecule has 0 radical (unpaired) electrons. The van der Waals surface area contributed by atoms with Gasteiger partial charge in [-0.3, -0.25) is 0 Å². The Bertz CT molecular complexity index is 1020. The van der Waals surface area contributed by atoms with Crippen LogP contribution in [-0.2, 0) is 6.61 Å². The van der Waals surface area contributed by atoms with Crippen LogP contribution in [0.2, 0.25) is 0 Å². The Balaban J connectivity index is 1.78. The second kappa shape index (κ2) is 5.91. The molecule has 24 heavy (non-hydrogen) atoms. The number of rotatable bonds is 3. The van der Waals surface area contributed by atoms with E-state index < -0.39 is 0 Å². The fourth-order valence-corrected chi connectivity index (χ4v) is 2.80. The van der Waals surface area contributed by atoms with Crippen molar-refractivity contribution in [3.05, 3.63) is 84.4 Å². The van der Waals surface area contributed by atoms with Crippen molar-refractivity contribution in [3.8, 4) is 22.4 Å². The van der Waals surface area contributed by atoms with Gasteiger partial charge in [0.2, 0.25) is 0 Å². The maximum Gasteiger partial charge on any atom is 0.137 e. The zero-order chi connectivity index (χ0) is 16.5. The van der Waals surface area contributed by atoms with E-state index in [0.717, 1.165) is 33.6 Å². The van der Waals surface area contributed by atoms with Gasteiger partial charge < -0.3 is 9.51 Å². The van der Waals surface area contributed by atoms with E-state index in [-0.39, 0.29) is 12.4 Å². The van der Waals surface area contributed by atoms with Crippen molar-refractivity contribution < 1.29 is 9.50 Å². The van der Waals surface area contributed by atoms with Crippen LogP contribution >= 0.6 is 0 Å². The molecule has 0 bridgehead atoms. The maximum atomic E-state index is 13.4. The molecule has 0 aliphatic carbocycles. The predicted molar refractivity (Wildman–Crippen MR) is 91.9 cm³/mol. The van der Waals surface area contributed by atoms with Crippen molar-refractivity contribution in [2.45, 2.75) is 6.61 Å². The van der Waals surface area contributed by atoms with E-state index in [2.05, 4.69) is 4.98 Å². The standard InChI is InChI=1S/C20H15FN2O/c21-18-6-2-5-16(10-18)19-12-23-11-17(7-8-20(23)22-19)15-4-1-3-14(9-15)13-24/h1-12,24H,13H2. The molecule has 2 heterocycles. The summed E-state index contributed by atoms with van der Waals surface area (Å²) < 4.78 is 15.3. The van der Waals surface area contributed by atoms with E-state index in [4.69, 9.17) is 0 Å². The summed E-state index contributed by atoms with van der Waals surface area (Å²) in [6, 6.07) is 18.1. The van der Waals surface area contributed by atoms with Crippen molar-refractivity contribution in [2.24, 2.45) is 0 Å². The van der Waals surface area contributed by atoms with Crippen molar-refractivity contribution in [1.82, 2.24) is 9.38 Å². The Labute approximate surface area is 138 Å². The SMILES string of the molecule is OCc1cccc(-c2ccc3nc(-c4cccc(F)c4)cn3c2)c1. The van der Waals surface area contributed by atoms with E-state index in [1.165, 1.54) is 12.1 Å². The number of hydrogen-bond donors (Lipinski definition) is 1. The number of aliphatic hydroxyl groups is 1. The highest BCUT2D eigenvalue weighted by atomic mass is 19.1. The first kappa shape index (κ1) is 14.6. The van der Waals surface area contributed by atoms with Crippen LogP contribution in [0.4, 0.5) is 4.39 Å². The number of nitrogens with zero attached hydrogens (tertiary/aromatic N) is 2. The lowest BCUT2D eigenvalue weighted by molar-refractivity contribution is 0.282. The molecule has 2 aromatic carbocycles. The molecule has 4 heteroatoms. The third kappa shape index (κ3) is 2.68. The van der Waals surface area contributed by atoms with E-state index in [9.17, 15) is 9.50 Å². The normalized spacial score (nSPS) is 11.1. The summed E-state index contributed by atoms with van der Waals surface area (Å²) in [5.74, 6) is -0.272. The number of aliphatic hydroxyl groups excluding tert-OH is 1. The topological polar surface area (TPSA) is 37.5 Å². The van der Waals surface area contributed by atoms with Crippen LogP contribution in [0.3, 0.4) is 0 Å². The first-order valence-corrected chi connectivity index (χ1v) is 7.68. The fourth-order valence-electron chi connectivity index (χ4n) is 2.80. The van der Waals surface area contributed by atoms with Crippen LogP contribution in [0.1, 0.15) is 5.56 Å². The Kier molecular flexibility index (Phi) is 3.59. The zero-order valence-corrected chi connectivity index (χ0v) is 12.9. The largest absolute Gasteiger partial charge is 0.392 e. The molecule has 0 saturated carbocycles. The van der Waals surface area contributed by atoms with Gasteiger partial charge in [-0.1, -0.05) is 30.3 Å². The first-order valence-electron chi connectivity index (χ1n) is 7.68. The minimum atomic E-state index is -0.272. The summed E-state index contributed by atoms with van der Waals surface area (Å²) >= 11 is 0. The maximum absolute atomic E-state index is 13.4. The number of fused-ring (bicyclic) bond motifs is 1. The second-order valence-electron chi connectivity index (χ2n) is 5.68. The number of halogens is 1. The Morgan fingerprint density at radius 1 is 0.875 bits per heavy atom. The van der Waals surface area contributed by atoms with Crippen LogP contribution < -0.4 is 0 Å². The molecule has 4 aromatic rings. The van der Waals surface area contributed by atoms with Crippen molar-refractivity contribution in [3.63, 3.8) is 0 Å². The summed E-state index contributed by atoms with van der Waals surface area (Å²) in [5, 5.41) is 9.29. The third-order valence-electron chi connectivity index (χ3n) is 4.01. The van der Waals surface area contributed by atoms with Gasteiger partial charge in [0.05, 0.1) is 12.3 Å². The lowest BCUT2D eigenvalue weighted by atomic mass is 10.1. The molecule has 2 aromatic heterocycles. The number of pyridine rings is 1. The molecule has 3 nitrogen and oxygen atoms in total. The molecule has 0 saturated heterocycles. The zero-order valence-electron chi connectivity index (χ0n) is 12.9. The third-order valence-corrected chi connectivity index (χ3v) is 4.01. The lowest BCUT2D eigenvalue weighted by Gasteiger charge is -2.04. The number of benzene rings is 2. The summed E-state index contributed by atoms with van der Waals surface area (Å²) in [6.07, 6.45) is 3.88. The highest BCUT2D eigenvalue weighted by molar-refractivity contribution is 5.68. The summed E-state index contributed by atoms with van der Waals surface area (Å²) in [7, 11) is 0. The molecule has 0 spiro atoms.